The molecular weight excluding hydrogens is 400 g/mol. The van der Waals surface area contributed by atoms with Gasteiger partial charge in [-0.15, -0.1) is 0 Å². The van der Waals surface area contributed by atoms with Gasteiger partial charge < -0.3 is 15.0 Å². The molecule has 3 rings (SSSR count). The lowest BCUT2D eigenvalue weighted by atomic mass is 10.2. The van der Waals surface area contributed by atoms with E-state index in [-0.39, 0.29) is 18.0 Å². The number of nitrogens with zero attached hydrogens (tertiary/aromatic N) is 3. The maximum atomic E-state index is 12.3. The third-order valence-corrected chi connectivity index (χ3v) is 5.09. The van der Waals surface area contributed by atoms with Gasteiger partial charge in [-0.25, -0.2) is 9.78 Å². The van der Waals surface area contributed by atoms with Crippen LogP contribution < -0.4 is 5.32 Å². The number of halogens is 1. The van der Waals surface area contributed by atoms with E-state index in [9.17, 15) is 9.59 Å². The molecule has 2 fully saturated rings. The Morgan fingerprint density at radius 2 is 2.12 bits per heavy atom. The molecule has 2 saturated heterocycles. The van der Waals surface area contributed by atoms with Crippen molar-refractivity contribution in [1.82, 2.24) is 14.8 Å². The quantitative estimate of drug-likeness (QED) is 0.803. The molecule has 8 heteroatoms. The van der Waals surface area contributed by atoms with E-state index in [4.69, 9.17) is 4.74 Å². The Hall–Kier alpha value is -1.67. The number of piperazine rings is 1. The minimum atomic E-state index is -0.475. The average molecular weight is 425 g/mol. The number of carbonyl (C=O) groups excluding carboxylic acids is 2. The van der Waals surface area contributed by atoms with Crippen molar-refractivity contribution in [3.05, 3.63) is 22.8 Å². The number of pyridine rings is 1. The smallest absolute Gasteiger partial charge is 0.410 e. The number of anilines is 1. The molecule has 2 aliphatic rings. The Kier molecular flexibility index (Phi) is 5.53. The van der Waals surface area contributed by atoms with Gasteiger partial charge in [-0.3, -0.25) is 9.69 Å². The largest absolute Gasteiger partial charge is 0.444 e. The van der Waals surface area contributed by atoms with E-state index in [1.807, 2.05) is 31.7 Å². The third kappa shape index (κ3) is 4.73. The van der Waals surface area contributed by atoms with Gasteiger partial charge in [0.25, 0.3) is 0 Å². The van der Waals surface area contributed by atoms with E-state index in [0.717, 1.165) is 17.4 Å². The summed E-state index contributed by atoms with van der Waals surface area (Å²) in [6, 6.07) is 4.08. The second-order valence-electron chi connectivity index (χ2n) is 7.83. The fourth-order valence-electron chi connectivity index (χ4n) is 3.49. The van der Waals surface area contributed by atoms with Crippen LogP contribution in [0.2, 0.25) is 0 Å². The van der Waals surface area contributed by atoms with Crippen LogP contribution in [0.15, 0.2) is 22.8 Å². The van der Waals surface area contributed by atoms with E-state index in [2.05, 4.69) is 31.1 Å². The van der Waals surface area contributed by atoms with Crippen LogP contribution >= 0.6 is 15.9 Å². The predicted octanol–water partition coefficient (Wildman–Crippen LogP) is 2.87. The standard InChI is InChI=1S/C18H25BrN4O3/c1-18(2,3)26-17(25)23-11-13-9-14(23)10-22(13)7-5-16(24)21-15-8-12(19)4-6-20-15/h4,6,8,13-14H,5,7,9-11H2,1-3H3,(H,20,21,24)/t13-,14-/m0/s1. The van der Waals surface area contributed by atoms with E-state index >= 15 is 0 Å². The van der Waals surface area contributed by atoms with E-state index < -0.39 is 5.60 Å². The summed E-state index contributed by atoms with van der Waals surface area (Å²) in [5.41, 5.74) is -0.475. The summed E-state index contributed by atoms with van der Waals surface area (Å²) in [5, 5.41) is 2.81. The molecule has 3 heterocycles. The number of nitrogens with one attached hydrogen (secondary N) is 1. The first-order valence-corrected chi connectivity index (χ1v) is 9.65. The summed E-state index contributed by atoms with van der Waals surface area (Å²) in [5.74, 6) is 0.491. The first-order valence-electron chi connectivity index (χ1n) is 8.86. The van der Waals surface area contributed by atoms with Crippen LogP contribution in [0, 0.1) is 0 Å². The van der Waals surface area contributed by atoms with Crippen LogP contribution in [0.4, 0.5) is 10.6 Å². The first-order chi connectivity index (χ1) is 12.2. The molecule has 0 radical (unpaired) electrons. The Morgan fingerprint density at radius 1 is 1.35 bits per heavy atom. The van der Waals surface area contributed by atoms with E-state index in [1.54, 1.807) is 12.3 Å². The van der Waals surface area contributed by atoms with Gasteiger partial charge in [-0.2, -0.15) is 0 Å². The summed E-state index contributed by atoms with van der Waals surface area (Å²) in [6.45, 7) is 7.79. The predicted molar refractivity (Wildman–Crippen MR) is 102 cm³/mol. The Labute approximate surface area is 162 Å². The Morgan fingerprint density at radius 3 is 2.73 bits per heavy atom. The Balaban J connectivity index is 1.45. The van der Waals surface area contributed by atoms with Crippen LogP contribution in [-0.4, -0.2) is 64.1 Å². The molecule has 1 aromatic heterocycles. The highest BCUT2D eigenvalue weighted by Crippen LogP contribution is 2.31. The summed E-state index contributed by atoms with van der Waals surface area (Å²) in [4.78, 5) is 32.6. The van der Waals surface area contributed by atoms with Gasteiger partial charge >= 0.3 is 6.09 Å². The van der Waals surface area contributed by atoms with E-state index in [0.29, 0.717) is 31.4 Å². The van der Waals surface area contributed by atoms with E-state index in [1.165, 1.54) is 0 Å². The maximum absolute atomic E-state index is 12.3. The normalized spacial score (nSPS) is 22.5. The number of fused-ring (bicyclic) bond motifs is 2. The molecule has 2 amide bonds. The van der Waals surface area contributed by atoms with Crippen molar-refractivity contribution >= 4 is 33.7 Å². The molecule has 26 heavy (non-hydrogen) atoms. The molecule has 0 saturated carbocycles. The van der Waals surface area contributed by atoms with Crippen molar-refractivity contribution in [1.29, 1.82) is 0 Å². The number of likely N-dealkylation sites (tertiary alicyclic amines) is 2. The molecule has 1 N–H and O–H groups in total. The minimum Gasteiger partial charge on any atom is -0.444 e. The fourth-order valence-corrected chi connectivity index (χ4v) is 3.83. The highest BCUT2D eigenvalue weighted by Gasteiger charge is 2.46. The van der Waals surface area contributed by atoms with Crippen LogP contribution in [0.3, 0.4) is 0 Å². The Bertz CT molecular complexity index is 691. The monoisotopic (exact) mass is 424 g/mol. The van der Waals surface area contributed by atoms with Gasteiger partial charge in [-0.1, -0.05) is 15.9 Å². The molecule has 0 spiro atoms. The summed E-state index contributed by atoms with van der Waals surface area (Å²) >= 11 is 3.36. The minimum absolute atomic E-state index is 0.0534. The molecule has 0 aliphatic carbocycles. The molecular formula is C18H25BrN4O3. The van der Waals surface area contributed by atoms with Crippen molar-refractivity contribution in [3.8, 4) is 0 Å². The van der Waals surface area contributed by atoms with Crippen molar-refractivity contribution in [3.63, 3.8) is 0 Å². The second-order valence-corrected chi connectivity index (χ2v) is 8.74. The van der Waals surface area contributed by atoms with Crippen LogP contribution in [-0.2, 0) is 9.53 Å². The number of carbonyl (C=O) groups is 2. The number of ether oxygens (including phenoxy) is 1. The van der Waals surface area contributed by atoms with Gasteiger partial charge in [0.1, 0.15) is 11.4 Å². The molecule has 7 nitrogen and oxygen atoms in total. The molecule has 2 bridgehead atoms. The average Bonchev–Trinajstić information content (AvgIpc) is 3.11. The number of aromatic nitrogens is 1. The molecule has 2 aliphatic heterocycles. The number of amides is 2. The maximum Gasteiger partial charge on any atom is 0.410 e. The van der Waals surface area contributed by atoms with Gasteiger partial charge in [0.05, 0.1) is 0 Å². The highest BCUT2D eigenvalue weighted by molar-refractivity contribution is 9.10. The van der Waals surface area contributed by atoms with Crippen molar-refractivity contribution in [2.75, 3.05) is 25.0 Å². The SMILES string of the molecule is CC(C)(C)OC(=O)N1C[C@@H]2C[C@H]1CN2CCC(=O)Nc1cc(Br)ccn1. The van der Waals surface area contributed by atoms with Crippen molar-refractivity contribution < 1.29 is 14.3 Å². The second kappa shape index (κ2) is 7.52. The van der Waals surface area contributed by atoms with Crippen molar-refractivity contribution in [2.45, 2.75) is 51.3 Å². The lowest BCUT2D eigenvalue weighted by Gasteiger charge is -2.35. The molecule has 0 aromatic carbocycles. The lowest BCUT2D eigenvalue weighted by molar-refractivity contribution is -0.116. The first kappa shape index (κ1) is 19.1. The zero-order valence-corrected chi connectivity index (χ0v) is 17.0. The number of hydrogen-bond donors (Lipinski definition) is 1. The number of rotatable bonds is 4. The molecule has 0 unspecified atom stereocenters. The summed E-state index contributed by atoms with van der Waals surface area (Å²) in [6.07, 6.45) is 2.77. The third-order valence-electron chi connectivity index (χ3n) is 4.60. The van der Waals surface area contributed by atoms with Crippen LogP contribution in [0.5, 0.6) is 0 Å². The van der Waals surface area contributed by atoms with Crippen LogP contribution in [0.25, 0.3) is 0 Å². The highest BCUT2D eigenvalue weighted by atomic mass is 79.9. The molecule has 2 atom stereocenters. The van der Waals surface area contributed by atoms with Gasteiger partial charge in [0.2, 0.25) is 5.91 Å². The van der Waals surface area contributed by atoms with Crippen LogP contribution in [0.1, 0.15) is 33.6 Å². The van der Waals surface area contributed by atoms with Gasteiger partial charge in [0.15, 0.2) is 0 Å². The lowest BCUT2D eigenvalue weighted by Crippen LogP contribution is -2.50. The zero-order valence-electron chi connectivity index (χ0n) is 15.4. The topological polar surface area (TPSA) is 74.8 Å². The zero-order chi connectivity index (χ0) is 18.9. The number of hydrogen-bond acceptors (Lipinski definition) is 5. The van der Waals surface area contributed by atoms with Crippen molar-refractivity contribution in [2.24, 2.45) is 0 Å². The fraction of sp³-hybridized carbons (Fsp3) is 0.611. The van der Waals surface area contributed by atoms with Gasteiger partial charge in [-0.05, 0) is 39.3 Å². The molecule has 142 valence electrons. The summed E-state index contributed by atoms with van der Waals surface area (Å²) < 4.78 is 6.35. The molecule has 1 aromatic rings. The summed E-state index contributed by atoms with van der Waals surface area (Å²) in [7, 11) is 0. The van der Waals surface area contributed by atoms with Gasteiger partial charge in [0, 0.05) is 48.8 Å².